The van der Waals surface area contributed by atoms with Gasteiger partial charge in [-0.1, -0.05) is 0 Å². The lowest BCUT2D eigenvalue weighted by molar-refractivity contribution is 0.0722. The van der Waals surface area contributed by atoms with Crippen molar-refractivity contribution in [2.75, 3.05) is 6.54 Å². The van der Waals surface area contributed by atoms with E-state index in [1.54, 1.807) is 10.7 Å². The number of hydrogen-bond acceptors (Lipinski definition) is 4. The Bertz CT molecular complexity index is 927. The third-order valence-electron chi connectivity index (χ3n) is 4.88. The van der Waals surface area contributed by atoms with E-state index >= 15 is 0 Å². The van der Waals surface area contributed by atoms with Crippen LogP contribution in [0.1, 0.15) is 40.3 Å². The van der Waals surface area contributed by atoms with Gasteiger partial charge >= 0.3 is 0 Å². The van der Waals surface area contributed by atoms with Gasteiger partial charge in [-0.2, -0.15) is 10.2 Å². The molecule has 25 heavy (non-hydrogen) atoms. The Kier molecular flexibility index (Phi) is 3.78. The van der Waals surface area contributed by atoms with Crippen LogP contribution in [0, 0.1) is 20.8 Å². The first-order valence-electron chi connectivity index (χ1n) is 8.66. The smallest absolute Gasteiger partial charge is 0.259 e. The summed E-state index contributed by atoms with van der Waals surface area (Å²) in [6.07, 6.45) is 5.72. The molecule has 3 aromatic heterocycles. The van der Waals surface area contributed by atoms with Gasteiger partial charge in [0.1, 0.15) is 5.56 Å². The van der Waals surface area contributed by atoms with E-state index in [4.69, 9.17) is 0 Å². The molecule has 0 saturated carbocycles. The summed E-state index contributed by atoms with van der Waals surface area (Å²) >= 11 is 0. The van der Waals surface area contributed by atoms with Crippen molar-refractivity contribution in [3.8, 4) is 0 Å². The molecule has 0 bridgehead atoms. The number of nitrogens with zero attached hydrogens (tertiary/aromatic N) is 6. The number of hydrogen-bond donors (Lipinski definition) is 0. The van der Waals surface area contributed by atoms with Crippen molar-refractivity contribution in [3.63, 3.8) is 0 Å². The van der Waals surface area contributed by atoms with Gasteiger partial charge in [0.2, 0.25) is 0 Å². The van der Waals surface area contributed by atoms with Crippen molar-refractivity contribution in [2.45, 2.75) is 46.2 Å². The van der Waals surface area contributed by atoms with E-state index in [0.29, 0.717) is 11.2 Å². The topological polar surface area (TPSA) is 68.3 Å². The fourth-order valence-corrected chi connectivity index (χ4v) is 3.74. The maximum absolute atomic E-state index is 13.3. The Morgan fingerprint density at radius 3 is 2.92 bits per heavy atom. The zero-order chi connectivity index (χ0) is 17.6. The van der Waals surface area contributed by atoms with E-state index in [1.165, 1.54) is 0 Å². The molecule has 0 aromatic carbocycles. The number of aromatic nitrogens is 5. The second kappa shape index (κ2) is 5.98. The normalized spacial score (nSPS) is 17.6. The van der Waals surface area contributed by atoms with E-state index in [9.17, 15) is 4.79 Å². The molecule has 0 N–H and O–H groups in total. The molecule has 1 fully saturated rings. The maximum Gasteiger partial charge on any atom is 0.259 e. The molecule has 7 nitrogen and oxygen atoms in total. The van der Waals surface area contributed by atoms with Gasteiger partial charge in [0, 0.05) is 30.3 Å². The van der Waals surface area contributed by atoms with E-state index < -0.39 is 0 Å². The molecule has 3 aromatic rings. The molecule has 4 rings (SSSR count). The van der Waals surface area contributed by atoms with Crippen LogP contribution in [0.2, 0.25) is 0 Å². The van der Waals surface area contributed by atoms with Crippen molar-refractivity contribution in [3.05, 3.63) is 47.2 Å². The molecular formula is C18H22N6O. The highest BCUT2D eigenvalue weighted by Gasteiger charge is 2.33. The van der Waals surface area contributed by atoms with Crippen LogP contribution in [0.15, 0.2) is 24.5 Å². The van der Waals surface area contributed by atoms with E-state index in [-0.39, 0.29) is 11.9 Å². The number of carbonyl (C=O) groups is 1. The number of amides is 1. The average molecular weight is 338 g/mol. The third-order valence-corrected chi connectivity index (χ3v) is 4.88. The Labute approximate surface area is 146 Å². The standard InChI is InChI=1S/C18H22N6O/c1-12-10-13(2)24-17(20-12)16(14(3)21-24)18(25)23-9-4-6-15(23)11-22-8-5-7-19-22/h5,7-8,10,15H,4,6,9,11H2,1-3H3. The predicted octanol–water partition coefficient (Wildman–Crippen LogP) is 2.16. The van der Waals surface area contributed by atoms with Gasteiger partial charge in [-0.3, -0.25) is 9.48 Å². The van der Waals surface area contributed by atoms with Crippen molar-refractivity contribution in [1.29, 1.82) is 0 Å². The summed E-state index contributed by atoms with van der Waals surface area (Å²) < 4.78 is 3.67. The minimum Gasteiger partial charge on any atom is -0.334 e. The number of likely N-dealkylation sites (tertiary alicyclic amines) is 1. The molecule has 1 unspecified atom stereocenters. The zero-order valence-electron chi connectivity index (χ0n) is 14.8. The van der Waals surface area contributed by atoms with E-state index in [2.05, 4.69) is 15.2 Å². The van der Waals surface area contributed by atoms with Gasteiger partial charge in [0.25, 0.3) is 5.91 Å². The van der Waals surface area contributed by atoms with Crippen molar-refractivity contribution < 1.29 is 4.79 Å². The lowest BCUT2D eigenvalue weighted by Gasteiger charge is -2.24. The third kappa shape index (κ3) is 2.69. The minimum atomic E-state index is 0.0275. The van der Waals surface area contributed by atoms with Crippen LogP contribution in [0.5, 0.6) is 0 Å². The minimum absolute atomic E-state index is 0.0275. The fraction of sp³-hybridized carbons (Fsp3) is 0.444. The van der Waals surface area contributed by atoms with Gasteiger partial charge < -0.3 is 4.90 Å². The average Bonchev–Trinajstić information content (AvgIpc) is 3.27. The molecule has 1 atom stereocenters. The predicted molar refractivity (Wildman–Crippen MR) is 93.5 cm³/mol. The van der Waals surface area contributed by atoms with Crippen molar-refractivity contribution in [2.24, 2.45) is 0 Å². The van der Waals surface area contributed by atoms with Crippen LogP contribution in [-0.2, 0) is 6.54 Å². The number of aryl methyl sites for hydroxylation is 3. The zero-order valence-corrected chi connectivity index (χ0v) is 14.8. The van der Waals surface area contributed by atoms with Crippen LogP contribution in [0.25, 0.3) is 5.65 Å². The highest BCUT2D eigenvalue weighted by Crippen LogP contribution is 2.25. The first-order valence-corrected chi connectivity index (χ1v) is 8.66. The molecule has 1 amide bonds. The maximum atomic E-state index is 13.3. The summed E-state index contributed by atoms with van der Waals surface area (Å²) in [4.78, 5) is 19.9. The molecule has 7 heteroatoms. The second-order valence-corrected chi connectivity index (χ2v) is 6.76. The second-order valence-electron chi connectivity index (χ2n) is 6.76. The highest BCUT2D eigenvalue weighted by atomic mass is 16.2. The fourth-order valence-electron chi connectivity index (χ4n) is 3.74. The van der Waals surface area contributed by atoms with Gasteiger partial charge in [-0.15, -0.1) is 0 Å². The van der Waals surface area contributed by atoms with Crippen LogP contribution in [-0.4, -0.2) is 47.8 Å². The van der Waals surface area contributed by atoms with Crippen molar-refractivity contribution >= 4 is 11.6 Å². The monoisotopic (exact) mass is 338 g/mol. The van der Waals surface area contributed by atoms with Crippen LogP contribution in [0.4, 0.5) is 0 Å². The first kappa shape index (κ1) is 15.8. The molecule has 1 aliphatic rings. The summed E-state index contributed by atoms with van der Waals surface area (Å²) in [6.45, 7) is 7.31. The van der Waals surface area contributed by atoms with Gasteiger partial charge in [-0.05, 0) is 45.7 Å². The Balaban J connectivity index is 1.70. The number of fused-ring (bicyclic) bond motifs is 1. The van der Waals surface area contributed by atoms with Gasteiger partial charge in [-0.25, -0.2) is 9.50 Å². The van der Waals surface area contributed by atoms with E-state index in [0.717, 1.165) is 43.0 Å². The first-order chi connectivity index (χ1) is 12.0. The van der Waals surface area contributed by atoms with Crippen LogP contribution >= 0.6 is 0 Å². The molecular weight excluding hydrogens is 316 g/mol. The summed E-state index contributed by atoms with van der Waals surface area (Å²) in [6, 6.07) is 4.04. The SMILES string of the molecule is Cc1cc(C)n2nc(C)c(C(=O)N3CCCC3Cn3cccn3)c2n1. The van der Waals surface area contributed by atoms with Crippen LogP contribution < -0.4 is 0 Å². The largest absolute Gasteiger partial charge is 0.334 e. The quantitative estimate of drug-likeness (QED) is 0.734. The van der Waals surface area contributed by atoms with Gasteiger partial charge in [0.15, 0.2) is 5.65 Å². The molecule has 0 radical (unpaired) electrons. The Hall–Kier alpha value is -2.70. The molecule has 0 aliphatic carbocycles. The lowest BCUT2D eigenvalue weighted by atomic mass is 10.1. The highest BCUT2D eigenvalue weighted by molar-refractivity contribution is 6.01. The molecule has 130 valence electrons. The van der Waals surface area contributed by atoms with Crippen molar-refractivity contribution in [1.82, 2.24) is 29.3 Å². The molecule has 0 spiro atoms. The number of carbonyl (C=O) groups excluding carboxylic acids is 1. The summed E-state index contributed by atoms with van der Waals surface area (Å²) in [5.74, 6) is 0.0275. The molecule has 4 heterocycles. The number of rotatable bonds is 3. The summed E-state index contributed by atoms with van der Waals surface area (Å²) in [5.41, 5.74) is 3.90. The molecule has 1 aliphatic heterocycles. The summed E-state index contributed by atoms with van der Waals surface area (Å²) in [7, 11) is 0. The van der Waals surface area contributed by atoms with E-state index in [1.807, 2.05) is 48.7 Å². The summed E-state index contributed by atoms with van der Waals surface area (Å²) in [5, 5.41) is 8.81. The molecule has 1 saturated heterocycles. The lowest BCUT2D eigenvalue weighted by Crippen LogP contribution is -2.38. The Morgan fingerprint density at radius 2 is 2.16 bits per heavy atom. The van der Waals surface area contributed by atoms with Gasteiger partial charge in [0.05, 0.1) is 18.3 Å². The van der Waals surface area contributed by atoms with Crippen LogP contribution in [0.3, 0.4) is 0 Å². The Morgan fingerprint density at radius 1 is 1.32 bits per heavy atom.